The van der Waals surface area contributed by atoms with E-state index in [0.717, 1.165) is 19.4 Å². The Morgan fingerprint density at radius 1 is 1.21 bits per heavy atom. The summed E-state index contributed by atoms with van der Waals surface area (Å²) in [6, 6.07) is 5.17. The Morgan fingerprint density at radius 2 is 2.04 bits per heavy atom. The maximum atomic E-state index is 12.8. The molecule has 3 heterocycles. The third kappa shape index (κ3) is 4.49. The molecule has 0 saturated carbocycles. The molecular weight excluding hydrogens is 403 g/mol. The zero-order chi connectivity index (χ0) is 19.5. The summed E-state index contributed by atoms with van der Waals surface area (Å²) < 4.78 is 10.8. The molecule has 0 bridgehead atoms. The number of piperidine rings is 1. The molecule has 150 valence electrons. The third-order valence-corrected chi connectivity index (χ3v) is 5.72. The van der Waals surface area contributed by atoms with Crippen LogP contribution in [0.5, 0.6) is 0 Å². The van der Waals surface area contributed by atoms with Gasteiger partial charge in [-0.1, -0.05) is 28.4 Å². The fourth-order valence-electron chi connectivity index (χ4n) is 3.73. The van der Waals surface area contributed by atoms with Crippen molar-refractivity contribution in [3.05, 3.63) is 34.1 Å². The van der Waals surface area contributed by atoms with Gasteiger partial charge in [-0.05, 0) is 37.6 Å². The third-order valence-electron chi connectivity index (χ3n) is 5.18. The van der Waals surface area contributed by atoms with Crippen LogP contribution in [-0.4, -0.2) is 65.2 Å². The van der Waals surface area contributed by atoms with E-state index in [1.165, 1.54) is 0 Å². The van der Waals surface area contributed by atoms with E-state index in [9.17, 15) is 4.79 Å². The number of carbonyl (C=O) groups is 1. The van der Waals surface area contributed by atoms with E-state index in [0.29, 0.717) is 66.7 Å². The molecule has 1 atom stereocenters. The van der Waals surface area contributed by atoms with Gasteiger partial charge in [-0.3, -0.25) is 9.69 Å². The molecule has 1 aromatic carbocycles. The van der Waals surface area contributed by atoms with Crippen molar-refractivity contribution in [2.24, 2.45) is 5.92 Å². The zero-order valence-corrected chi connectivity index (χ0v) is 17.0. The van der Waals surface area contributed by atoms with Crippen molar-refractivity contribution in [2.75, 3.05) is 39.4 Å². The minimum atomic E-state index is 0.0138. The van der Waals surface area contributed by atoms with Gasteiger partial charge in [-0.2, -0.15) is 4.98 Å². The van der Waals surface area contributed by atoms with E-state index in [-0.39, 0.29) is 11.8 Å². The number of morpholine rings is 1. The Morgan fingerprint density at radius 3 is 2.82 bits per heavy atom. The van der Waals surface area contributed by atoms with Gasteiger partial charge in [0.25, 0.3) is 0 Å². The summed E-state index contributed by atoms with van der Waals surface area (Å²) in [6.45, 7) is 4.75. The van der Waals surface area contributed by atoms with Crippen LogP contribution >= 0.6 is 23.2 Å². The van der Waals surface area contributed by atoms with Gasteiger partial charge >= 0.3 is 0 Å². The zero-order valence-electron chi connectivity index (χ0n) is 15.4. The number of nitrogens with zero attached hydrogens (tertiary/aromatic N) is 4. The predicted octanol–water partition coefficient (Wildman–Crippen LogP) is 3.11. The first-order valence-corrected chi connectivity index (χ1v) is 10.2. The van der Waals surface area contributed by atoms with Crippen LogP contribution in [0, 0.1) is 5.92 Å². The van der Waals surface area contributed by atoms with Crippen LogP contribution in [0.25, 0.3) is 11.4 Å². The molecule has 28 heavy (non-hydrogen) atoms. The summed E-state index contributed by atoms with van der Waals surface area (Å²) in [4.78, 5) is 21.4. The Kier molecular flexibility index (Phi) is 6.16. The average molecular weight is 425 g/mol. The quantitative estimate of drug-likeness (QED) is 0.750. The number of benzene rings is 1. The molecule has 2 fully saturated rings. The van der Waals surface area contributed by atoms with Crippen LogP contribution < -0.4 is 0 Å². The summed E-state index contributed by atoms with van der Waals surface area (Å²) >= 11 is 12.2. The standard InChI is InChI=1S/C19H22Cl2N4O3/c20-14-3-4-15(16(21)10-14)18-22-17(28-23-18)12-24-5-1-2-13(11-24)19(26)25-6-8-27-9-7-25/h3-4,10,13H,1-2,5-9,11-12H2. The van der Waals surface area contributed by atoms with Gasteiger partial charge < -0.3 is 14.2 Å². The van der Waals surface area contributed by atoms with E-state index >= 15 is 0 Å². The van der Waals surface area contributed by atoms with Crippen molar-refractivity contribution in [1.82, 2.24) is 19.9 Å². The number of rotatable bonds is 4. The molecule has 0 spiro atoms. The van der Waals surface area contributed by atoms with E-state index < -0.39 is 0 Å². The smallest absolute Gasteiger partial charge is 0.241 e. The fraction of sp³-hybridized carbons (Fsp3) is 0.526. The van der Waals surface area contributed by atoms with Gasteiger partial charge in [0.05, 0.1) is 30.7 Å². The molecule has 2 aliphatic rings. The monoisotopic (exact) mass is 424 g/mol. The highest BCUT2D eigenvalue weighted by molar-refractivity contribution is 6.36. The summed E-state index contributed by atoms with van der Waals surface area (Å²) in [5.74, 6) is 1.20. The summed E-state index contributed by atoms with van der Waals surface area (Å²) in [6.07, 6.45) is 1.90. The van der Waals surface area contributed by atoms with E-state index in [4.69, 9.17) is 32.5 Å². The van der Waals surface area contributed by atoms with Crippen LogP contribution in [0.3, 0.4) is 0 Å². The highest BCUT2D eigenvalue weighted by atomic mass is 35.5. The number of likely N-dealkylation sites (tertiary alicyclic amines) is 1. The molecule has 1 unspecified atom stereocenters. The first kappa shape index (κ1) is 19.6. The van der Waals surface area contributed by atoms with Crippen molar-refractivity contribution < 1.29 is 14.1 Å². The Labute approximate surface area is 173 Å². The lowest BCUT2D eigenvalue weighted by Crippen LogP contribution is -2.48. The molecule has 1 aromatic heterocycles. The average Bonchev–Trinajstić information content (AvgIpc) is 3.16. The predicted molar refractivity (Wildman–Crippen MR) is 105 cm³/mol. The minimum absolute atomic E-state index is 0.0138. The molecule has 9 heteroatoms. The molecule has 7 nitrogen and oxygen atoms in total. The molecular formula is C19H22Cl2N4O3. The number of amides is 1. The van der Waals surface area contributed by atoms with Crippen LogP contribution in [0.4, 0.5) is 0 Å². The van der Waals surface area contributed by atoms with Gasteiger partial charge in [0.15, 0.2) is 0 Å². The number of ether oxygens (including phenoxy) is 1. The second-order valence-electron chi connectivity index (χ2n) is 7.15. The molecule has 0 N–H and O–H groups in total. The Balaban J connectivity index is 1.39. The van der Waals surface area contributed by atoms with Crippen molar-refractivity contribution in [2.45, 2.75) is 19.4 Å². The molecule has 2 aliphatic heterocycles. The van der Waals surface area contributed by atoms with Crippen molar-refractivity contribution >= 4 is 29.1 Å². The second kappa shape index (κ2) is 8.78. The Hall–Kier alpha value is -1.67. The number of carbonyl (C=O) groups excluding carboxylic acids is 1. The maximum absolute atomic E-state index is 12.8. The highest BCUT2D eigenvalue weighted by Crippen LogP contribution is 2.29. The van der Waals surface area contributed by atoms with Gasteiger partial charge in [-0.25, -0.2) is 0 Å². The number of halogens is 2. The largest absolute Gasteiger partial charge is 0.378 e. The highest BCUT2D eigenvalue weighted by Gasteiger charge is 2.30. The summed E-state index contributed by atoms with van der Waals surface area (Å²) in [5, 5.41) is 5.08. The summed E-state index contributed by atoms with van der Waals surface area (Å²) in [5.41, 5.74) is 0.681. The van der Waals surface area contributed by atoms with Gasteiger partial charge in [0.2, 0.25) is 17.6 Å². The van der Waals surface area contributed by atoms with Crippen molar-refractivity contribution in [1.29, 1.82) is 0 Å². The van der Waals surface area contributed by atoms with Crippen molar-refractivity contribution in [3.8, 4) is 11.4 Å². The number of aromatic nitrogens is 2. The molecule has 2 aromatic rings. The lowest BCUT2D eigenvalue weighted by atomic mass is 9.96. The van der Waals surface area contributed by atoms with Crippen LogP contribution in [0.2, 0.25) is 10.0 Å². The van der Waals surface area contributed by atoms with Crippen LogP contribution in [0.15, 0.2) is 22.7 Å². The van der Waals surface area contributed by atoms with Crippen LogP contribution in [0.1, 0.15) is 18.7 Å². The van der Waals surface area contributed by atoms with Gasteiger partial charge in [0.1, 0.15) is 0 Å². The van der Waals surface area contributed by atoms with E-state index in [2.05, 4.69) is 15.0 Å². The minimum Gasteiger partial charge on any atom is -0.378 e. The van der Waals surface area contributed by atoms with Crippen molar-refractivity contribution in [3.63, 3.8) is 0 Å². The molecule has 0 radical (unpaired) electrons. The number of hydrogen-bond donors (Lipinski definition) is 0. The first-order valence-electron chi connectivity index (χ1n) is 9.47. The maximum Gasteiger partial charge on any atom is 0.241 e. The second-order valence-corrected chi connectivity index (χ2v) is 7.99. The lowest BCUT2D eigenvalue weighted by Gasteiger charge is -2.35. The van der Waals surface area contributed by atoms with E-state index in [1.807, 2.05) is 4.90 Å². The molecule has 1 amide bonds. The van der Waals surface area contributed by atoms with Gasteiger partial charge in [0, 0.05) is 30.2 Å². The van der Waals surface area contributed by atoms with E-state index in [1.54, 1.807) is 18.2 Å². The van der Waals surface area contributed by atoms with Gasteiger partial charge in [-0.15, -0.1) is 0 Å². The molecule has 0 aliphatic carbocycles. The molecule has 2 saturated heterocycles. The Bertz CT molecular complexity index is 838. The first-order chi connectivity index (χ1) is 13.6. The molecule has 4 rings (SSSR count). The number of hydrogen-bond acceptors (Lipinski definition) is 6. The topological polar surface area (TPSA) is 71.7 Å². The van der Waals surface area contributed by atoms with Crippen LogP contribution in [-0.2, 0) is 16.1 Å². The summed E-state index contributed by atoms with van der Waals surface area (Å²) in [7, 11) is 0. The SMILES string of the molecule is O=C(C1CCCN(Cc2nc(-c3ccc(Cl)cc3Cl)no2)C1)N1CCOCC1. The lowest BCUT2D eigenvalue weighted by molar-refractivity contribution is -0.141. The fourth-order valence-corrected chi connectivity index (χ4v) is 4.23. The normalized spacial score (nSPS) is 21.1.